The number of anilines is 1. The first-order chi connectivity index (χ1) is 12.8. The molecule has 150 valence electrons. The van der Waals surface area contributed by atoms with E-state index in [0.717, 1.165) is 16.9 Å². The zero-order valence-electron chi connectivity index (χ0n) is 17.5. The van der Waals surface area contributed by atoms with Crippen molar-refractivity contribution < 1.29 is 14.5 Å². The van der Waals surface area contributed by atoms with Crippen LogP contribution >= 0.6 is 18.6 Å². The summed E-state index contributed by atoms with van der Waals surface area (Å²) in [6, 6.07) is 9.19. The van der Waals surface area contributed by atoms with Crippen molar-refractivity contribution in [3.63, 3.8) is 0 Å². The number of aromatic carboxylic acids is 1. The Balaban J connectivity index is 2.63. The van der Waals surface area contributed by atoms with Gasteiger partial charge in [0.1, 0.15) is 4.88 Å². The molecule has 0 spiro atoms. The maximum Gasteiger partial charge on any atom is 0.348 e. The largest absolute Gasteiger partial charge is 0.477 e. The van der Waals surface area contributed by atoms with Crippen molar-refractivity contribution >= 4 is 35.6 Å². The Labute approximate surface area is 172 Å². The van der Waals surface area contributed by atoms with Crippen LogP contribution in [0.2, 0.25) is 0 Å². The monoisotopic (exact) mass is 417 g/mol. The summed E-state index contributed by atoms with van der Waals surface area (Å²) in [5, 5.41) is 10.5. The summed E-state index contributed by atoms with van der Waals surface area (Å²) < 4.78 is 15.6. The fourth-order valence-electron chi connectivity index (χ4n) is 2.89. The summed E-state index contributed by atoms with van der Waals surface area (Å²) in [7, 11) is -3.03. The van der Waals surface area contributed by atoms with E-state index in [2.05, 4.69) is 11.8 Å². The van der Waals surface area contributed by atoms with Gasteiger partial charge in [-0.1, -0.05) is 29.5 Å². The Bertz CT molecular complexity index is 972. The van der Waals surface area contributed by atoms with Gasteiger partial charge < -0.3 is 9.78 Å². The predicted octanol–water partition coefficient (Wildman–Crippen LogP) is 5.60. The van der Waals surface area contributed by atoms with E-state index in [1.807, 2.05) is 65.8 Å². The molecule has 0 saturated heterocycles. The van der Waals surface area contributed by atoms with Crippen LogP contribution < -0.4 is 9.97 Å². The van der Waals surface area contributed by atoms with Crippen molar-refractivity contribution in [1.29, 1.82) is 0 Å². The highest BCUT2D eigenvalue weighted by Crippen LogP contribution is 2.51. The quantitative estimate of drug-likeness (QED) is 0.508. The van der Waals surface area contributed by atoms with Crippen LogP contribution in [0.5, 0.6) is 0 Å². The molecule has 0 aliphatic carbocycles. The lowest BCUT2D eigenvalue weighted by atomic mass is 9.98. The topological polar surface area (TPSA) is 57.6 Å². The minimum atomic E-state index is -3.03. The van der Waals surface area contributed by atoms with Crippen LogP contribution in [0.3, 0.4) is 0 Å². The van der Waals surface area contributed by atoms with E-state index in [4.69, 9.17) is 0 Å². The summed E-state index contributed by atoms with van der Waals surface area (Å²) in [6.45, 7) is 13.5. The Kier molecular flexibility index (Phi) is 6.48. The van der Waals surface area contributed by atoms with Crippen LogP contribution in [-0.2, 0) is 4.57 Å². The van der Waals surface area contributed by atoms with Crippen molar-refractivity contribution in [1.82, 2.24) is 0 Å². The molecule has 2 aromatic rings. The molecular formula is C22H28NO3PS. The molecule has 1 unspecified atom stereocenters. The van der Waals surface area contributed by atoms with Crippen molar-refractivity contribution in [2.75, 3.05) is 11.3 Å². The van der Waals surface area contributed by atoms with Gasteiger partial charge in [-0.15, -0.1) is 11.3 Å². The molecule has 1 atom stereocenters. The number of thiophene rings is 1. The third-order valence-corrected chi connectivity index (χ3v) is 7.91. The second-order valence-corrected chi connectivity index (χ2v) is 12.0. The third kappa shape index (κ3) is 5.07. The summed E-state index contributed by atoms with van der Waals surface area (Å²) in [6.07, 6.45) is 0. The maximum atomic E-state index is 13.9. The smallest absolute Gasteiger partial charge is 0.348 e. The van der Waals surface area contributed by atoms with Gasteiger partial charge in [-0.3, -0.25) is 4.57 Å². The highest BCUT2D eigenvalue weighted by Gasteiger charge is 2.34. The summed E-state index contributed by atoms with van der Waals surface area (Å²) in [4.78, 5) is 12.7. The van der Waals surface area contributed by atoms with E-state index in [9.17, 15) is 14.5 Å². The fourth-order valence-corrected chi connectivity index (χ4v) is 6.20. The molecule has 0 fully saturated rings. The highest BCUT2D eigenvalue weighted by molar-refractivity contribution is 7.72. The first-order valence-corrected chi connectivity index (χ1v) is 12.1. The van der Waals surface area contributed by atoms with Crippen molar-refractivity contribution in [3.05, 3.63) is 45.6 Å². The molecule has 28 heavy (non-hydrogen) atoms. The first-order valence-electron chi connectivity index (χ1n) is 9.17. The number of carboxylic acid groups (broad SMARTS) is 1. The second-order valence-electron chi connectivity index (χ2n) is 8.28. The van der Waals surface area contributed by atoms with Crippen LogP contribution in [-0.4, -0.2) is 23.8 Å². The second kappa shape index (κ2) is 8.15. The lowest BCUT2D eigenvalue weighted by Gasteiger charge is -2.34. The number of carbonyl (C=O) groups is 1. The van der Waals surface area contributed by atoms with Gasteiger partial charge in [-0.05, 0) is 59.7 Å². The lowest BCUT2D eigenvalue weighted by Crippen LogP contribution is -2.32. The van der Waals surface area contributed by atoms with E-state index in [-0.39, 0.29) is 16.3 Å². The third-order valence-electron chi connectivity index (χ3n) is 4.13. The van der Waals surface area contributed by atoms with E-state index < -0.39 is 13.3 Å². The van der Waals surface area contributed by atoms with Crippen LogP contribution in [0.25, 0.3) is 0 Å². The number of aryl methyl sites for hydroxylation is 1. The Morgan fingerprint density at radius 1 is 1.21 bits per heavy atom. The predicted molar refractivity (Wildman–Crippen MR) is 120 cm³/mol. The zero-order chi connectivity index (χ0) is 21.3. The van der Waals surface area contributed by atoms with Crippen molar-refractivity contribution in [3.8, 4) is 11.8 Å². The average molecular weight is 418 g/mol. The number of rotatable bonds is 5. The van der Waals surface area contributed by atoms with Crippen LogP contribution in [0, 0.1) is 24.2 Å². The number of nitrogens with zero attached hydrogens (tertiary/aromatic N) is 1. The fraction of sp³-hybridized carbons (Fsp3) is 0.409. The summed E-state index contributed by atoms with van der Waals surface area (Å²) in [5.41, 5.74) is 1.37. The number of benzene rings is 1. The highest BCUT2D eigenvalue weighted by atomic mass is 32.1. The maximum absolute atomic E-state index is 13.9. The molecule has 0 aliphatic rings. The number of carboxylic acids is 1. The minimum Gasteiger partial charge on any atom is -0.477 e. The molecule has 1 N–H and O–H groups in total. The van der Waals surface area contributed by atoms with Gasteiger partial charge in [-0.2, -0.15) is 0 Å². The molecule has 0 aliphatic heterocycles. The molecule has 4 nitrogen and oxygen atoms in total. The molecule has 6 heteroatoms. The van der Waals surface area contributed by atoms with Crippen LogP contribution in [0.1, 0.15) is 54.7 Å². The standard InChI is InChI=1S/C22H28NO3PS/c1-15(2)23(27(7,26)17-10-8-16(3)9-11-17)19-14-18(12-13-22(4,5)6)28-20(19)21(24)25/h8-11,14-15H,1-7H3,(H,24,25). The minimum absolute atomic E-state index is 0.145. The summed E-state index contributed by atoms with van der Waals surface area (Å²) in [5.74, 6) is 5.19. The van der Waals surface area contributed by atoms with Crippen LogP contribution in [0.15, 0.2) is 30.3 Å². The number of hydrogen-bond donors (Lipinski definition) is 1. The molecule has 0 amide bonds. The Morgan fingerprint density at radius 3 is 2.25 bits per heavy atom. The van der Waals surface area contributed by atoms with E-state index >= 15 is 0 Å². The Hall–Kier alpha value is -2.02. The van der Waals surface area contributed by atoms with Gasteiger partial charge in [0, 0.05) is 23.4 Å². The molecule has 1 aromatic carbocycles. The number of hydrogen-bond acceptors (Lipinski definition) is 3. The van der Waals surface area contributed by atoms with Gasteiger partial charge in [0.2, 0.25) is 0 Å². The Morgan fingerprint density at radius 2 is 1.79 bits per heavy atom. The van der Waals surface area contributed by atoms with Gasteiger partial charge >= 0.3 is 5.97 Å². The molecule has 1 heterocycles. The normalized spacial score (nSPS) is 13.6. The lowest BCUT2D eigenvalue weighted by molar-refractivity contribution is 0.0703. The molecule has 0 saturated carbocycles. The van der Waals surface area contributed by atoms with E-state index in [1.165, 1.54) is 0 Å². The molecule has 2 rings (SSSR count). The van der Waals surface area contributed by atoms with Gasteiger partial charge in [-0.25, -0.2) is 4.79 Å². The zero-order valence-corrected chi connectivity index (χ0v) is 19.2. The van der Waals surface area contributed by atoms with Crippen LogP contribution in [0.4, 0.5) is 5.69 Å². The SMILES string of the molecule is Cc1ccc(P(C)(=O)N(c2cc(C#CC(C)(C)C)sc2C(=O)O)C(C)C)cc1. The average Bonchev–Trinajstić information content (AvgIpc) is 2.96. The van der Waals surface area contributed by atoms with Crippen molar-refractivity contribution in [2.24, 2.45) is 5.41 Å². The van der Waals surface area contributed by atoms with Crippen molar-refractivity contribution in [2.45, 2.75) is 47.6 Å². The van der Waals surface area contributed by atoms with Gasteiger partial charge in [0.05, 0.1) is 10.6 Å². The molecule has 1 aromatic heterocycles. The first kappa shape index (κ1) is 22.3. The molecular weight excluding hydrogens is 389 g/mol. The van der Waals surface area contributed by atoms with Gasteiger partial charge in [0.15, 0.2) is 7.29 Å². The van der Waals surface area contributed by atoms with E-state index in [1.54, 1.807) is 17.4 Å². The molecule has 0 radical (unpaired) electrons. The molecule has 0 bridgehead atoms. The van der Waals surface area contributed by atoms with E-state index in [0.29, 0.717) is 15.9 Å². The summed E-state index contributed by atoms with van der Waals surface area (Å²) >= 11 is 1.13. The van der Waals surface area contributed by atoms with Gasteiger partial charge in [0.25, 0.3) is 0 Å².